The van der Waals surface area contributed by atoms with Crippen LogP contribution in [0.1, 0.15) is 94.4 Å². The zero-order chi connectivity index (χ0) is 24.1. The zero-order valence-corrected chi connectivity index (χ0v) is 21.8. The normalized spacial score (nSPS) is 25.5. The molecule has 0 aliphatic heterocycles. The van der Waals surface area contributed by atoms with E-state index in [4.69, 9.17) is 11.5 Å². The summed E-state index contributed by atoms with van der Waals surface area (Å²) in [6, 6.07) is 14.7. The third-order valence-electron chi connectivity index (χ3n) is 8.40. The van der Waals surface area contributed by atoms with Crippen LogP contribution in [-0.4, -0.2) is 12.1 Å². The molecule has 0 saturated heterocycles. The van der Waals surface area contributed by atoms with Gasteiger partial charge in [0.25, 0.3) is 0 Å². The fourth-order valence-electron chi connectivity index (χ4n) is 6.27. The second-order valence-corrected chi connectivity index (χ2v) is 11.8. The van der Waals surface area contributed by atoms with Crippen LogP contribution in [0.4, 0.5) is 11.4 Å². The first kappa shape index (κ1) is 25.1. The first-order chi connectivity index (χ1) is 16.4. The summed E-state index contributed by atoms with van der Waals surface area (Å²) in [5.41, 5.74) is 20.1. The largest absolute Gasteiger partial charge is 0.398 e. The summed E-state index contributed by atoms with van der Waals surface area (Å²) in [5, 5.41) is 3.71. The Balaban J connectivity index is 1.30. The lowest BCUT2D eigenvalue weighted by Gasteiger charge is -2.30. The molecule has 2 aromatic carbocycles. The molecule has 0 heterocycles. The summed E-state index contributed by atoms with van der Waals surface area (Å²) in [4.78, 5) is 0. The molecule has 3 nitrogen and oxygen atoms in total. The predicted octanol–water partition coefficient (Wildman–Crippen LogP) is 6.91. The van der Waals surface area contributed by atoms with Gasteiger partial charge in [-0.15, -0.1) is 0 Å². The highest BCUT2D eigenvalue weighted by Gasteiger charge is 2.22. The lowest BCUT2D eigenvalue weighted by Crippen LogP contribution is -2.37. The molecule has 0 radical (unpaired) electrons. The van der Waals surface area contributed by atoms with Crippen molar-refractivity contribution in [2.45, 2.75) is 103 Å². The smallest absolute Gasteiger partial charge is 0.0352 e. The maximum absolute atomic E-state index is 6.51. The van der Waals surface area contributed by atoms with E-state index in [2.05, 4.69) is 62.5 Å². The fraction of sp³-hybridized carbons (Fsp3) is 0.613. The summed E-state index contributed by atoms with van der Waals surface area (Å²) in [5.74, 6) is 2.49. The van der Waals surface area contributed by atoms with Gasteiger partial charge >= 0.3 is 0 Å². The predicted molar refractivity (Wildman–Crippen MR) is 147 cm³/mol. The van der Waals surface area contributed by atoms with Crippen LogP contribution in [0.15, 0.2) is 36.4 Å². The Morgan fingerprint density at radius 1 is 0.735 bits per heavy atom. The van der Waals surface area contributed by atoms with Crippen LogP contribution in [0, 0.1) is 17.8 Å². The molecule has 0 spiro atoms. The minimum Gasteiger partial charge on any atom is -0.398 e. The number of nitrogens with two attached hydrogens (primary N) is 2. The van der Waals surface area contributed by atoms with Gasteiger partial charge in [0, 0.05) is 23.5 Å². The molecule has 4 rings (SSSR count). The van der Waals surface area contributed by atoms with Crippen molar-refractivity contribution < 1.29 is 0 Å². The van der Waals surface area contributed by atoms with E-state index >= 15 is 0 Å². The molecule has 34 heavy (non-hydrogen) atoms. The van der Waals surface area contributed by atoms with Gasteiger partial charge in [0.15, 0.2) is 0 Å². The van der Waals surface area contributed by atoms with E-state index in [9.17, 15) is 0 Å². The molecule has 186 valence electrons. The lowest BCUT2D eigenvalue weighted by molar-refractivity contribution is 0.280. The van der Waals surface area contributed by atoms with E-state index < -0.39 is 0 Å². The van der Waals surface area contributed by atoms with Gasteiger partial charge in [-0.1, -0.05) is 57.9 Å². The van der Waals surface area contributed by atoms with Gasteiger partial charge in [0.2, 0.25) is 0 Å². The highest BCUT2D eigenvalue weighted by atomic mass is 14.9. The van der Waals surface area contributed by atoms with Crippen LogP contribution < -0.4 is 16.8 Å². The highest BCUT2D eigenvalue weighted by molar-refractivity contribution is 5.54. The van der Waals surface area contributed by atoms with Gasteiger partial charge in [0.1, 0.15) is 0 Å². The van der Waals surface area contributed by atoms with E-state index in [1.54, 1.807) is 0 Å². The number of hydrogen-bond acceptors (Lipinski definition) is 3. The third-order valence-corrected chi connectivity index (χ3v) is 8.40. The van der Waals surface area contributed by atoms with Gasteiger partial charge in [-0.3, -0.25) is 0 Å². The van der Waals surface area contributed by atoms with Crippen molar-refractivity contribution in [3.8, 4) is 0 Å². The Morgan fingerprint density at radius 3 is 1.94 bits per heavy atom. The van der Waals surface area contributed by atoms with Crippen molar-refractivity contribution >= 4 is 11.4 Å². The fourth-order valence-corrected chi connectivity index (χ4v) is 6.27. The minimum atomic E-state index is 0.584. The Bertz CT molecular complexity index is 918. The molecule has 0 atom stereocenters. The molecule has 3 heteroatoms. The Hall–Kier alpha value is -2.00. The van der Waals surface area contributed by atoms with Gasteiger partial charge in [-0.05, 0) is 110 Å². The minimum absolute atomic E-state index is 0.584. The van der Waals surface area contributed by atoms with Crippen molar-refractivity contribution in [3.05, 3.63) is 58.7 Å². The van der Waals surface area contributed by atoms with E-state index in [0.717, 1.165) is 48.4 Å². The topological polar surface area (TPSA) is 64.1 Å². The molecule has 5 N–H and O–H groups in total. The SMILES string of the molecule is CC1CCC(Cc2ccc(Cc3ccc(CC4CCC(NC(C)C)CC4)cc3N)cc2N)CC1. The molecule has 0 bridgehead atoms. The monoisotopic (exact) mass is 461 g/mol. The molecule has 0 unspecified atom stereocenters. The van der Waals surface area contributed by atoms with E-state index in [0.29, 0.717) is 12.1 Å². The maximum atomic E-state index is 6.51. The Morgan fingerprint density at radius 2 is 1.29 bits per heavy atom. The summed E-state index contributed by atoms with van der Waals surface area (Å²) in [6.07, 6.45) is 13.8. The van der Waals surface area contributed by atoms with E-state index in [-0.39, 0.29) is 0 Å². The number of nitrogen functional groups attached to an aromatic ring is 2. The Kier molecular flexibility index (Phi) is 8.58. The molecule has 0 aromatic heterocycles. The number of nitrogens with one attached hydrogen (secondary N) is 1. The average Bonchev–Trinajstić information content (AvgIpc) is 2.80. The number of anilines is 2. The van der Waals surface area contributed by atoms with Gasteiger partial charge in [-0.25, -0.2) is 0 Å². The maximum Gasteiger partial charge on any atom is 0.0352 e. The van der Waals surface area contributed by atoms with Crippen molar-refractivity contribution in [2.75, 3.05) is 11.5 Å². The lowest BCUT2D eigenvalue weighted by atomic mass is 9.80. The van der Waals surface area contributed by atoms with Crippen LogP contribution in [-0.2, 0) is 19.3 Å². The molecule has 2 aliphatic rings. The van der Waals surface area contributed by atoms with Gasteiger partial charge < -0.3 is 16.8 Å². The van der Waals surface area contributed by atoms with E-state index in [1.807, 2.05) is 0 Å². The zero-order valence-electron chi connectivity index (χ0n) is 21.8. The Labute approximate surface area is 208 Å². The summed E-state index contributed by atoms with van der Waals surface area (Å²) < 4.78 is 0. The van der Waals surface area contributed by atoms with Crippen LogP contribution in [0.5, 0.6) is 0 Å². The number of rotatable bonds is 8. The van der Waals surface area contributed by atoms with Crippen molar-refractivity contribution in [1.29, 1.82) is 0 Å². The molecule has 0 amide bonds. The van der Waals surface area contributed by atoms with Crippen molar-refractivity contribution in [2.24, 2.45) is 17.8 Å². The first-order valence-corrected chi connectivity index (χ1v) is 13.9. The summed E-state index contributed by atoms with van der Waals surface area (Å²) >= 11 is 0. The highest BCUT2D eigenvalue weighted by Crippen LogP contribution is 2.33. The molecule has 2 fully saturated rings. The summed E-state index contributed by atoms with van der Waals surface area (Å²) in [7, 11) is 0. The van der Waals surface area contributed by atoms with Crippen LogP contribution in [0.2, 0.25) is 0 Å². The number of benzene rings is 2. The van der Waals surface area contributed by atoms with Crippen LogP contribution in [0.3, 0.4) is 0 Å². The van der Waals surface area contributed by atoms with Gasteiger partial charge in [-0.2, -0.15) is 0 Å². The first-order valence-electron chi connectivity index (χ1n) is 13.9. The average molecular weight is 462 g/mol. The standard InChI is InChI=1S/C31H47N3/c1-21(2)34-29-14-10-23(11-15-29)16-25-8-12-28(30(32)19-25)18-26-9-13-27(31(33)20-26)17-24-6-4-22(3)5-7-24/h8-9,12-13,19-24,29,34H,4-7,10-11,14-18,32-33H2,1-3H3. The summed E-state index contributed by atoms with van der Waals surface area (Å²) in [6.45, 7) is 6.88. The molecular weight excluding hydrogens is 414 g/mol. The molecule has 2 saturated carbocycles. The second kappa shape index (κ2) is 11.6. The van der Waals surface area contributed by atoms with Crippen molar-refractivity contribution in [1.82, 2.24) is 5.32 Å². The molecule has 2 aromatic rings. The van der Waals surface area contributed by atoms with Crippen LogP contribution in [0.25, 0.3) is 0 Å². The second-order valence-electron chi connectivity index (χ2n) is 11.8. The third kappa shape index (κ3) is 7.01. The van der Waals surface area contributed by atoms with Gasteiger partial charge in [0.05, 0.1) is 0 Å². The molecular formula is C31H47N3. The van der Waals surface area contributed by atoms with E-state index in [1.165, 1.54) is 73.6 Å². The van der Waals surface area contributed by atoms with Crippen LogP contribution >= 0.6 is 0 Å². The van der Waals surface area contributed by atoms with Crippen molar-refractivity contribution in [3.63, 3.8) is 0 Å². The number of hydrogen-bond donors (Lipinski definition) is 3. The molecule has 2 aliphatic carbocycles. The quantitative estimate of drug-likeness (QED) is 0.374.